The van der Waals surface area contributed by atoms with E-state index in [4.69, 9.17) is 0 Å². The van der Waals surface area contributed by atoms with Gasteiger partial charge in [0.05, 0.1) is 11.3 Å². The van der Waals surface area contributed by atoms with E-state index in [1.165, 1.54) is 0 Å². The van der Waals surface area contributed by atoms with Crippen molar-refractivity contribution >= 4 is 11.3 Å². The fourth-order valence-electron chi connectivity index (χ4n) is 2.20. The summed E-state index contributed by atoms with van der Waals surface area (Å²) in [5, 5.41) is 11.7. The Labute approximate surface area is 112 Å². The Bertz CT molecular complexity index is 618. The molecule has 0 fully saturated rings. The number of nitrogens with one attached hydrogen (secondary N) is 1. The van der Waals surface area contributed by atoms with E-state index in [0.29, 0.717) is 0 Å². The van der Waals surface area contributed by atoms with Crippen LogP contribution in [0.15, 0.2) is 71.9 Å². The predicted octanol–water partition coefficient (Wildman–Crippen LogP) is 1.87. The number of rotatable bonds is 2. The van der Waals surface area contributed by atoms with Crippen molar-refractivity contribution in [2.24, 2.45) is 4.99 Å². The van der Waals surface area contributed by atoms with Crippen molar-refractivity contribution in [1.29, 1.82) is 0 Å². The molecule has 2 aromatic rings. The summed E-state index contributed by atoms with van der Waals surface area (Å²) < 4.78 is 0. The highest BCUT2D eigenvalue weighted by Gasteiger charge is 2.17. The van der Waals surface area contributed by atoms with Crippen LogP contribution in [0.1, 0.15) is 11.1 Å². The third-order valence-electron chi connectivity index (χ3n) is 3.09. The van der Waals surface area contributed by atoms with E-state index in [2.05, 4.69) is 4.99 Å². The highest BCUT2D eigenvalue weighted by Crippen LogP contribution is 2.20. The van der Waals surface area contributed by atoms with Gasteiger partial charge in [0.15, 0.2) is 6.67 Å². The van der Waals surface area contributed by atoms with Crippen LogP contribution in [-0.4, -0.2) is 12.4 Å². The standard InChI is InChI=1S/C16H14N2O/c19-18-11-15(13-7-3-1-4-8-13)16(17-12-18)14-9-5-2-6-10-14/h1-11,18H,12H2. The Morgan fingerprint density at radius 1 is 0.842 bits per heavy atom. The van der Waals surface area contributed by atoms with Crippen LogP contribution in [-0.2, 0) is 0 Å². The van der Waals surface area contributed by atoms with Gasteiger partial charge in [0.1, 0.15) is 6.20 Å². The third kappa shape index (κ3) is 2.47. The van der Waals surface area contributed by atoms with Crippen LogP contribution in [0.4, 0.5) is 0 Å². The average Bonchev–Trinajstić information content (AvgIpc) is 2.49. The first-order valence-corrected chi connectivity index (χ1v) is 6.25. The number of allylic oxidation sites excluding steroid dienone is 1. The molecular formula is C16H14N2O. The fourth-order valence-corrected chi connectivity index (χ4v) is 2.20. The Kier molecular flexibility index (Phi) is 3.23. The number of nitrogens with zero attached hydrogens (tertiary/aromatic N) is 1. The predicted molar refractivity (Wildman–Crippen MR) is 76.6 cm³/mol. The summed E-state index contributed by atoms with van der Waals surface area (Å²) in [6.45, 7) is 0.237. The molecule has 3 rings (SSSR count). The van der Waals surface area contributed by atoms with Crippen LogP contribution < -0.4 is 5.06 Å². The van der Waals surface area contributed by atoms with Gasteiger partial charge in [0.25, 0.3) is 0 Å². The molecule has 0 saturated carbocycles. The van der Waals surface area contributed by atoms with Crippen molar-refractivity contribution in [3.63, 3.8) is 0 Å². The van der Waals surface area contributed by atoms with Crippen molar-refractivity contribution in [1.82, 2.24) is 0 Å². The van der Waals surface area contributed by atoms with E-state index in [9.17, 15) is 5.21 Å². The second-order valence-electron chi connectivity index (χ2n) is 4.42. The number of hydrogen-bond acceptors (Lipinski definition) is 2. The lowest BCUT2D eigenvalue weighted by molar-refractivity contribution is -0.790. The average molecular weight is 250 g/mol. The Morgan fingerprint density at radius 2 is 1.42 bits per heavy atom. The Morgan fingerprint density at radius 3 is 2.05 bits per heavy atom. The topological polar surface area (TPSA) is 39.9 Å². The maximum Gasteiger partial charge on any atom is 0.175 e. The van der Waals surface area contributed by atoms with E-state index in [1.807, 2.05) is 60.7 Å². The highest BCUT2D eigenvalue weighted by molar-refractivity contribution is 6.31. The summed E-state index contributed by atoms with van der Waals surface area (Å²) in [4.78, 5) is 4.44. The Hall–Kier alpha value is -2.23. The largest absolute Gasteiger partial charge is 0.628 e. The molecule has 0 radical (unpaired) electrons. The van der Waals surface area contributed by atoms with Gasteiger partial charge in [0.2, 0.25) is 0 Å². The van der Waals surface area contributed by atoms with Gasteiger partial charge in [-0.15, -0.1) is 0 Å². The molecule has 19 heavy (non-hydrogen) atoms. The summed E-state index contributed by atoms with van der Waals surface area (Å²) in [7, 11) is 0. The molecule has 1 unspecified atom stereocenters. The fraction of sp³-hybridized carbons (Fsp3) is 0.0625. The summed E-state index contributed by atoms with van der Waals surface area (Å²) in [5.74, 6) is 0. The van der Waals surface area contributed by atoms with E-state index < -0.39 is 0 Å². The quantitative estimate of drug-likeness (QED) is 0.812. The lowest BCUT2D eigenvalue weighted by Gasteiger charge is -2.23. The maximum atomic E-state index is 11.6. The number of aliphatic imine (C=N–C) groups is 1. The van der Waals surface area contributed by atoms with Crippen molar-refractivity contribution in [3.05, 3.63) is 83.2 Å². The van der Waals surface area contributed by atoms with Crippen molar-refractivity contribution in [2.75, 3.05) is 6.67 Å². The van der Waals surface area contributed by atoms with Crippen LogP contribution in [0.3, 0.4) is 0 Å². The van der Waals surface area contributed by atoms with Crippen LogP contribution >= 0.6 is 0 Å². The zero-order chi connectivity index (χ0) is 13.1. The van der Waals surface area contributed by atoms with E-state index in [0.717, 1.165) is 22.4 Å². The maximum absolute atomic E-state index is 11.6. The Balaban J connectivity index is 2.07. The molecule has 3 nitrogen and oxygen atoms in total. The van der Waals surface area contributed by atoms with Crippen LogP contribution in [0.2, 0.25) is 0 Å². The molecule has 0 aliphatic carbocycles. The van der Waals surface area contributed by atoms with Crippen LogP contribution in [0.5, 0.6) is 0 Å². The molecular weight excluding hydrogens is 236 g/mol. The number of quaternary nitrogens is 1. The van der Waals surface area contributed by atoms with Gasteiger partial charge in [0, 0.05) is 5.56 Å². The monoisotopic (exact) mass is 250 g/mol. The van der Waals surface area contributed by atoms with E-state index in [-0.39, 0.29) is 11.7 Å². The van der Waals surface area contributed by atoms with Gasteiger partial charge >= 0.3 is 0 Å². The zero-order valence-corrected chi connectivity index (χ0v) is 10.4. The first kappa shape index (κ1) is 11.8. The summed E-state index contributed by atoms with van der Waals surface area (Å²) in [5.41, 5.74) is 3.87. The molecule has 1 atom stereocenters. The summed E-state index contributed by atoms with van der Waals surface area (Å²) in [6.07, 6.45) is 1.70. The van der Waals surface area contributed by atoms with Gasteiger partial charge < -0.3 is 10.3 Å². The smallest absolute Gasteiger partial charge is 0.175 e. The van der Waals surface area contributed by atoms with E-state index >= 15 is 0 Å². The number of benzene rings is 2. The van der Waals surface area contributed by atoms with E-state index in [1.54, 1.807) is 6.20 Å². The zero-order valence-electron chi connectivity index (χ0n) is 10.4. The van der Waals surface area contributed by atoms with Gasteiger partial charge in [-0.05, 0) is 5.56 Å². The molecule has 2 aromatic carbocycles. The first-order chi connectivity index (χ1) is 9.34. The molecule has 1 N–H and O–H groups in total. The first-order valence-electron chi connectivity index (χ1n) is 6.25. The molecule has 0 bridgehead atoms. The minimum Gasteiger partial charge on any atom is -0.628 e. The van der Waals surface area contributed by atoms with Crippen molar-refractivity contribution in [2.45, 2.75) is 0 Å². The lowest BCUT2D eigenvalue weighted by atomic mass is 9.96. The van der Waals surface area contributed by atoms with Gasteiger partial charge in [-0.25, -0.2) is 4.99 Å². The molecule has 1 aliphatic heterocycles. The van der Waals surface area contributed by atoms with Crippen molar-refractivity contribution < 1.29 is 5.06 Å². The number of hydroxylamine groups is 2. The highest BCUT2D eigenvalue weighted by atomic mass is 16.5. The molecule has 3 heteroatoms. The van der Waals surface area contributed by atoms with Gasteiger partial charge in [-0.3, -0.25) is 0 Å². The van der Waals surface area contributed by atoms with Crippen LogP contribution in [0.25, 0.3) is 5.57 Å². The van der Waals surface area contributed by atoms with Gasteiger partial charge in [-0.2, -0.15) is 0 Å². The SMILES string of the molecule is [O-][NH+]1C=C(c2ccccc2)C(c2ccccc2)=NC1. The lowest BCUT2D eigenvalue weighted by Crippen LogP contribution is -3.02. The second kappa shape index (κ2) is 5.18. The molecule has 1 aliphatic rings. The summed E-state index contributed by atoms with van der Waals surface area (Å²) in [6, 6.07) is 19.9. The number of hydrogen-bond donors (Lipinski definition) is 1. The molecule has 0 amide bonds. The van der Waals surface area contributed by atoms with Crippen LogP contribution in [0, 0.1) is 5.21 Å². The molecule has 0 saturated heterocycles. The molecule has 0 aromatic heterocycles. The minimum absolute atomic E-state index is 0.0542. The molecule has 94 valence electrons. The summed E-state index contributed by atoms with van der Waals surface area (Å²) >= 11 is 0. The minimum atomic E-state index is 0.0542. The van der Waals surface area contributed by atoms with Gasteiger partial charge in [-0.1, -0.05) is 60.7 Å². The second-order valence-corrected chi connectivity index (χ2v) is 4.42. The normalized spacial score (nSPS) is 18.7. The van der Waals surface area contributed by atoms with Crippen molar-refractivity contribution in [3.8, 4) is 0 Å². The molecule has 0 spiro atoms. The third-order valence-corrected chi connectivity index (χ3v) is 3.09. The molecule has 1 heterocycles.